The molecule has 3 rings (SSSR count). The van der Waals surface area contributed by atoms with E-state index in [-0.39, 0.29) is 5.91 Å². The van der Waals surface area contributed by atoms with Crippen molar-refractivity contribution in [1.82, 2.24) is 29.7 Å². The van der Waals surface area contributed by atoms with Crippen molar-refractivity contribution in [2.24, 2.45) is 7.05 Å². The first-order valence-electron chi connectivity index (χ1n) is 7.23. The highest BCUT2D eigenvalue weighted by Crippen LogP contribution is 2.23. The minimum atomic E-state index is 0.0879. The van der Waals surface area contributed by atoms with Gasteiger partial charge in [-0.15, -0.1) is 0 Å². The molecule has 0 saturated carbocycles. The molecule has 7 nitrogen and oxygen atoms in total. The molecule has 1 saturated heterocycles. The number of aryl methyl sites for hydroxylation is 2. The molecule has 0 aliphatic carbocycles. The molecule has 0 N–H and O–H groups in total. The van der Waals surface area contributed by atoms with Crippen LogP contribution in [-0.2, 0) is 7.05 Å². The van der Waals surface area contributed by atoms with Crippen molar-refractivity contribution >= 4 is 5.91 Å². The lowest BCUT2D eigenvalue weighted by Gasteiger charge is -2.31. The van der Waals surface area contributed by atoms with Gasteiger partial charge in [0, 0.05) is 25.8 Å². The highest BCUT2D eigenvalue weighted by Gasteiger charge is 2.28. The zero-order chi connectivity index (χ0) is 15.0. The van der Waals surface area contributed by atoms with Gasteiger partial charge in [-0.1, -0.05) is 0 Å². The van der Waals surface area contributed by atoms with Crippen LogP contribution in [0, 0.1) is 13.8 Å². The predicted molar refractivity (Wildman–Crippen MR) is 76.9 cm³/mol. The standard InChI is InChI=1S/C14H20N6O/c1-10-13(11(2)18(3)17-10)14(21)19-8-4-12(5-9-19)20-15-6-7-16-20/h6-7,12H,4-5,8-9H2,1-3H3. The Kier molecular flexibility index (Phi) is 3.48. The van der Waals surface area contributed by atoms with Gasteiger partial charge in [-0.25, -0.2) is 0 Å². The Morgan fingerprint density at radius 1 is 1.19 bits per heavy atom. The van der Waals surface area contributed by atoms with Crippen molar-refractivity contribution in [1.29, 1.82) is 0 Å². The smallest absolute Gasteiger partial charge is 0.257 e. The third-order valence-corrected chi connectivity index (χ3v) is 4.24. The van der Waals surface area contributed by atoms with Crippen LogP contribution in [0.1, 0.15) is 40.6 Å². The molecule has 0 spiro atoms. The molecule has 3 heterocycles. The summed E-state index contributed by atoms with van der Waals surface area (Å²) in [6.07, 6.45) is 5.16. The Morgan fingerprint density at radius 2 is 1.81 bits per heavy atom. The van der Waals surface area contributed by atoms with Crippen molar-refractivity contribution in [2.75, 3.05) is 13.1 Å². The van der Waals surface area contributed by atoms with Gasteiger partial charge in [0.1, 0.15) is 0 Å². The molecule has 2 aromatic rings. The number of nitrogens with zero attached hydrogens (tertiary/aromatic N) is 6. The van der Waals surface area contributed by atoms with Crippen molar-refractivity contribution in [3.05, 3.63) is 29.3 Å². The summed E-state index contributed by atoms with van der Waals surface area (Å²) in [5.74, 6) is 0.0879. The van der Waals surface area contributed by atoms with Crippen LogP contribution in [0.25, 0.3) is 0 Å². The summed E-state index contributed by atoms with van der Waals surface area (Å²) in [5, 5.41) is 12.7. The van der Waals surface area contributed by atoms with E-state index in [4.69, 9.17) is 0 Å². The number of hydrogen-bond donors (Lipinski definition) is 0. The average molecular weight is 288 g/mol. The fourth-order valence-electron chi connectivity index (χ4n) is 2.96. The molecule has 0 bridgehead atoms. The van der Waals surface area contributed by atoms with Gasteiger partial charge >= 0.3 is 0 Å². The third-order valence-electron chi connectivity index (χ3n) is 4.24. The molecule has 7 heteroatoms. The minimum absolute atomic E-state index is 0.0879. The number of hydrogen-bond acceptors (Lipinski definition) is 4. The van der Waals surface area contributed by atoms with E-state index in [2.05, 4.69) is 15.3 Å². The maximum absolute atomic E-state index is 12.7. The van der Waals surface area contributed by atoms with E-state index < -0.39 is 0 Å². The monoisotopic (exact) mass is 288 g/mol. The van der Waals surface area contributed by atoms with E-state index in [1.54, 1.807) is 21.9 Å². The lowest BCUT2D eigenvalue weighted by molar-refractivity contribution is 0.0682. The van der Waals surface area contributed by atoms with Crippen molar-refractivity contribution < 1.29 is 4.79 Å². The topological polar surface area (TPSA) is 68.8 Å². The summed E-state index contributed by atoms with van der Waals surface area (Å²) in [6.45, 7) is 5.30. The molecule has 1 fully saturated rings. The number of piperidine rings is 1. The molecule has 1 aliphatic heterocycles. The molecule has 112 valence electrons. The second-order valence-electron chi connectivity index (χ2n) is 5.54. The van der Waals surface area contributed by atoms with E-state index in [1.807, 2.05) is 25.8 Å². The Hall–Kier alpha value is -2.18. The van der Waals surface area contributed by atoms with Crippen LogP contribution in [-0.4, -0.2) is 48.7 Å². The van der Waals surface area contributed by atoms with Gasteiger partial charge < -0.3 is 4.90 Å². The summed E-state index contributed by atoms with van der Waals surface area (Å²) in [7, 11) is 1.87. The van der Waals surface area contributed by atoms with Crippen LogP contribution < -0.4 is 0 Å². The second kappa shape index (κ2) is 5.31. The zero-order valence-electron chi connectivity index (χ0n) is 12.7. The lowest BCUT2D eigenvalue weighted by atomic mass is 10.0. The highest BCUT2D eigenvalue weighted by molar-refractivity contribution is 5.96. The van der Waals surface area contributed by atoms with Crippen molar-refractivity contribution in [3.63, 3.8) is 0 Å². The summed E-state index contributed by atoms with van der Waals surface area (Å²) in [6, 6.07) is 0.292. The first-order valence-corrected chi connectivity index (χ1v) is 7.23. The Labute approximate surface area is 123 Å². The lowest BCUT2D eigenvalue weighted by Crippen LogP contribution is -2.39. The summed E-state index contributed by atoms with van der Waals surface area (Å²) in [5.41, 5.74) is 2.47. The van der Waals surface area contributed by atoms with Crippen LogP contribution in [0.2, 0.25) is 0 Å². The molecule has 1 aliphatic rings. The van der Waals surface area contributed by atoms with Crippen molar-refractivity contribution in [3.8, 4) is 0 Å². The Bertz CT molecular complexity index is 637. The molecule has 0 aromatic carbocycles. The molecule has 21 heavy (non-hydrogen) atoms. The number of aromatic nitrogens is 5. The van der Waals surface area contributed by atoms with E-state index in [1.165, 1.54) is 0 Å². The molecule has 2 aromatic heterocycles. The fourth-order valence-corrected chi connectivity index (χ4v) is 2.96. The van der Waals surface area contributed by atoms with Gasteiger partial charge in [0.2, 0.25) is 0 Å². The Morgan fingerprint density at radius 3 is 2.33 bits per heavy atom. The summed E-state index contributed by atoms with van der Waals surface area (Å²) in [4.78, 5) is 16.3. The average Bonchev–Trinajstić information content (AvgIpc) is 3.08. The molecule has 0 radical (unpaired) electrons. The normalized spacial score (nSPS) is 16.4. The maximum atomic E-state index is 12.7. The number of rotatable bonds is 2. The summed E-state index contributed by atoms with van der Waals surface area (Å²) >= 11 is 0. The van der Waals surface area contributed by atoms with Crippen LogP contribution in [0.15, 0.2) is 12.4 Å². The van der Waals surface area contributed by atoms with E-state index in [0.717, 1.165) is 42.9 Å². The van der Waals surface area contributed by atoms with Crippen LogP contribution in [0.3, 0.4) is 0 Å². The van der Waals surface area contributed by atoms with Gasteiger partial charge in [0.25, 0.3) is 5.91 Å². The first kappa shape index (κ1) is 13.8. The number of carbonyl (C=O) groups is 1. The minimum Gasteiger partial charge on any atom is -0.338 e. The van der Waals surface area contributed by atoms with Crippen LogP contribution in [0.5, 0.6) is 0 Å². The number of amides is 1. The fraction of sp³-hybridized carbons (Fsp3) is 0.571. The van der Waals surface area contributed by atoms with E-state index >= 15 is 0 Å². The van der Waals surface area contributed by atoms with Gasteiger partial charge in [-0.2, -0.15) is 20.1 Å². The SMILES string of the molecule is Cc1nn(C)c(C)c1C(=O)N1CCC(n2nccn2)CC1. The summed E-state index contributed by atoms with van der Waals surface area (Å²) < 4.78 is 1.77. The Balaban J connectivity index is 1.70. The van der Waals surface area contributed by atoms with Gasteiger partial charge in [-0.3, -0.25) is 9.48 Å². The first-order chi connectivity index (χ1) is 10.1. The highest BCUT2D eigenvalue weighted by atomic mass is 16.2. The maximum Gasteiger partial charge on any atom is 0.257 e. The van der Waals surface area contributed by atoms with Gasteiger partial charge in [0.15, 0.2) is 0 Å². The van der Waals surface area contributed by atoms with Crippen molar-refractivity contribution in [2.45, 2.75) is 32.7 Å². The molecular formula is C14H20N6O. The second-order valence-corrected chi connectivity index (χ2v) is 5.54. The number of carbonyl (C=O) groups excluding carboxylic acids is 1. The van der Waals surface area contributed by atoms with E-state index in [0.29, 0.717) is 6.04 Å². The van der Waals surface area contributed by atoms with Crippen LogP contribution >= 0.6 is 0 Å². The zero-order valence-corrected chi connectivity index (χ0v) is 12.7. The van der Waals surface area contributed by atoms with Gasteiger partial charge in [0.05, 0.1) is 29.7 Å². The number of likely N-dealkylation sites (tertiary alicyclic amines) is 1. The van der Waals surface area contributed by atoms with E-state index in [9.17, 15) is 4.79 Å². The van der Waals surface area contributed by atoms with Gasteiger partial charge in [-0.05, 0) is 26.7 Å². The molecular weight excluding hydrogens is 268 g/mol. The largest absolute Gasteiger partial charge is 0.338 e. The quantitative estimate of drug-likeness (QED) is 0.830. The third kappa shape index (κ3) is 2.43. The van der Waals surface area contributed by atoms with Crippen LogP contribution in [0.4, 0.5) is 0 Å². The molecule has 0 unspecified atom stereocenters. The predicted octanol–water partition coefficient (Wildman–Crippen LogP) is 1.11. The molecule has 1 amide bonds. The molecule has 0 atom stereocenters.